The van der Waals surface area contributed by atoms with Gasteiger partial charge in [0.05, 0.1) is 18.7 Å². The van der Waals surface area contributed by atoms with E-state index >= 15 is 0 Å². The van der Waals surface area contributed by atoms with Gasteiger partial charge in [0.15, 0.2) is 0 Å². The topological polar surface area (TPSA) is 70.8 Å². The van der Waals surface area contributed by atoms with Gasteiger partial charge in [0.1, 0.15) is 0 Å². The van der Waals surface area contributed by atoms with Gasteiger partial charge in [-0.3, -0.25) is 4.79 Å². The van der Waals surface area contributed by atoms with Crippen molar-refractivity contribution in [3.63, 3.8) is 0 Å². The van der Waals surface area contributed by atoms with Gasteiger partial charge in [-0.1, -0.05) is 0 Å². The second-order valence-corrected chi connectivity index (χ2v) is 6.55. The normalized spacial score (nSPS) is 15.5. The first kappa shape index (κ1) is 20.0. The van der Waals surface area contributed by atoms with Crippen LogP contribution in [0.2, 0.25) is 0 Å². The summed E-state index contributed by atoms with van der Waals surface area (Å²) in [5.41, 5.74) is 0.312. The molecule has 3 rings (SSSR count). The van der Waals surface area contributed by atoms with Crippen molar-refractivity contribution in [2.75, 3.05) is 45.2 Å². The Balaban J connectivity index is 1.80. The third-order valence-corrected chi connectivity index (χ3v) is 4.61. The lowest BCUT2D eigenvalue weighted by molar-refractivity contribution is -0.137. The molecule has 28 heavy (non-hydrogen) atoms. The van der Waals surface area contributed by atoms with E-state index in [-0.39, 0.29) is 18.2 Å². The molecule has 1 fully saturated rings. The van der Waals surface area contributed by atoms with Gasteiger partial charge in [-0.2, -0.15) is 13.2 Å². The van der Waals surface area contributed by atoms with E-state index in [0.717, 1.165) is 25.2 Å². The monoisotopic (exact) mass is 398 g/mol. The highest BCUT2D eigenvalue weighted by Gasteiger charge is 2.31. The maximum atomic E-state index is 13.2. The van der Waals surface area contributed by atoms with E-state index in [2.05, 4.69) is 15.4 Å². The summed E-state index contributed by atoms with van der Waals surface area (Å²) in [4.78, 5) is 16.4. The number of aromatic nitrogens is 1. The lowest BCUT2D eigenvalue weighted by Gasteiger charge is -2.35. The number of carbonyl (C=O) groups is 1. The predicted molar refractivity (Wildman–Crippen MR) is 95.4 cm³/mol. The van der Waals surface area contributed by atoms with Gasteiger partial charge in [0, 0.05) is 38.4 Å². The summed E-state index contributed by atoms with van der Waals surface area (Å²) in [6, 6.07) is 4.92. The fourth-order valence-electron chi connectivity index (χ4n) is 2.98. The molecular weight excluding hydrogens is 377 g/mol. The minimum atomic E-state index is -4.46. The molecule has 0 saturated carbocycles. The highest BCUT2D eigenvalue weighted by atomic mass is 19.4. The molecule has 1 saturated heterocycles. The Morgan fingerprint density at radius 1 is 1.25 bits per heavy atom. The molecule has 0 atom stereocenters. The molecule has 2 aromatic rings. The van der Waals surface area contributed by atoms with Crippen LogP contribution in [0.3, 0.4) is 0 Å². The zero-order valence-electron chi connectivity index (χ0n) is 15.5. The van der Waals surface area contributed by atoms with Crippen LogP contribution >= 0.6 is 0 Å². The van der Waals surface area contributed by atoms with Gasteiger partial charge in [-0.05, 0) is 36.0 Å². The Morgan fingerprint density at radius 2 is 1.96 bits per heavy atom. The summed E-state index contributed by atoms with van der Waals surface area (Å²) in [5.74, 6) is -0.523. The number of benzene rings is 1. The number of nitrogens with one attached hydrogen (secondary N) is 1. The Labute approximate surface area is 160 Å². The van der Waals surface area contributed by atoms with Gasteiger partial charge in [-0.15, -0.1) is 0 Å². The molecule has 1 aromatic heterocycles. The van der Waals surface area contributed by atoms with Crippen LogP contribution in [0.4, 0.5) is 18.9 Å². The number of rotatable bonds is 5. The van der Waals surface area contributed by atoms with Crippen molar-refractivity contribution in [3.05, 3.63) is 41.2 Å². The molecule has 0 radical (unpaired) electrons. The number of ether oxygens (including phenoxy) is 1. The minimum Gasteiger partial charge on any atom is -0.479 e. The van der Waals surface area contributed by atoms with Crippen LogP contribution in [-0.2, 0) is 12.7 Å². The van der Waals surface area contributed by atoms with Crippen molar-refractivity contribution < 1.29 is 27.2 Å². The lowest BCUT2D eigenvalue weighted by Crippen LogP contribution is -2.45. The van der Waals surface area contributed by atoms with Crippen LogP contribution in [0.5, 0.6) is 5.88 Å². The quantitative estimate of drug-likeness (QED) is 0.834. The molecule has 152 valence electrons. The van der Waals surface area contributed by atoms with E-state index < -0.39 is 17.6 Å². The van der Waals surface area contributed by atoms with Crippen LogP contribution < -0.4 is 15.0 Å². The molecule has 1 aliphatic heterocycles. The SMILES string of the molecule is COc1cc(C(=O)NCc2cc(C(F)(F)F)ccc2N2CCN(C)CC2)on1. The van der Waals surface area contributed by atoms with Crippen LogP contribution in [-0.4, -0.2) is 56.3 Å². The van der Waals surface area contributed by atoms with E-state index in [1.54, 1.807) is 0 Å². The largest absolute Gasteiger partial charge is 0.479 e. The van der Waals surface area contributed by atoms with E-state index in [1.165, 1.54) is 19.2 Å². The summed E-state index contributed by atoms with van der Waals surface area (Å²) in [7, 11) is 3.38. The molecule has 0 unspecified atom stereocenters. The molecule has 10 heteroatoms. The average Bonchev–Trinajstić information content (AvgIpc) is 3.15. The number of likely N-dealkylation sites (N-methyl/N-ethyl adjacent to an activating group) is 1. The number of halogens is 3. The predicted octanol–water partition coefficient (Wildman–Crippen LogP) is 2.38. The summed E-state index contributed by atoms with van der Waals surface area (Å²) in [5, 5.41) is 6.12. The van der Waals surface area contributed by atoms with Crippen molar-refractivity contribution >= 4 is 11.6 Å². The Hall–Kier alpha value is -2.75. The number of hydrogen-bond acceptors (Lipinski definition) is 6. The van der Waals surface area contributed by atoms with Crippen molar-refractivity contribution in [2.24, 2.45) is 0 Å². The third kappa shape index (κ3) is 4.56. The summed E-state index contributed by atoms with van der Waals surface area (Å²) in [6.45, 7) is 2.94. The number of anilines is 1. The highest BCUT2D eigenvalue weighted by molar-refractivity contribution is 5.91. The van der Waals surface area contributed by atoms with Gasteiger partial charge in [0.25, 0.3) is 11.8 Å². The van der Waals surface area contributed by atoms with Gasteiger partial charge in [-0.25, -0.2) is 0 Å². The van der Waals surface area contributed by atoms with E-state index in [0.29, 0.717) is 24.3 Å². The molecule has 1 N–H and O–H groups in total. The second kappa shape index (κ2) is 8.09. The maximum absolute atomic E-state index is 13.2. The first-order valence-electron chi connectivity index (χ1n) is 8.70. The smallest absolute Gasteiger partial charge is 0.416 e. The van der Waals surface area contributed by atoms with E-state index in [4.69, 9.17) is 9.26 Å². The van der Waals surface area contributed by atoms with Crippen LogP contribution in [0.1, 0.15) is 21.7 Å². The molecular formula is C18H21F3N4O3. The van der Waals surface area contributed by atoms with Gasteiger partial charge in [0.2, 0.25) is 5.76 Å². The fourth-order valence-corrected chi connectivity index (χ4v) is 2.98. The Bertz CT molecular complexity index is 830. The molecule has 0 bridgehead atoms. The van der Waals surface area contributed by atoms with Crippen LogP contribution in [0, 0.1) is 0 Å². The zero-order valence-corrected chi connectivity index (χ0v) is 15.5. The molecule has 1 amide bonds. The number of methoxy groups -OCH3 is 1. The third-order valence-electron chi connectivity index (χ3n) is 4.61. The molecule has 1 aromatic carbocycles. The molecule has 7 nitrogen and oxygen atoms in total. The summed E-state index contributed by atoms with van der Waals surface area (Å²) >= 11 is 0. The maximum Gasteiger partial charge on any atom is 0.416 e. The van der Waals surface area contributed by atoms with Gasteiger partial charge < -0.3 is 24.4 Å². The van der Waals surface area contributed by atoms with Crippen molar-refractivity contribution in [3.8, 4) is 5.88 Å². The first-order valence-corrected chi connectivity index (χ1v) is 8.70. The van der Waals surface area contributed by atoms with Crippen molar-refractivity contribution in [1.29, 1.82) is 0 Å². The van der Waals surface area contributed by atoms with Crippen LogP contribution in [0.25, 0.3) is 0 Å². The van der Waals surface area contributed by atoms with E-state index in [1.807, 2.05) is 11.9 Å². The van der Waals surface area contributed by atoms with Gasteiger partial charge >= 0.3 is 6.18 Å². The minimum absolute atomic E-state index is 0.0760. The summed E-state index contributed by atoms with van der Waals surface area (Å²) < 4.78 is 49.2. The molecule has 0 aliphatic carbocycles. The van der Waals surface area contributed by atoms with Crippen molar-refractivity contribution in [1.82, 2.24) is 15.4 Å². The lowest BCUT2D eigenvalue weighted by atomic mass is 10.1. The average molecular weight is 398 g/mol. The van der Waals surface area contributed by atoms with E-state index in [9.17, 15) is 18.0 Å². The first-order chi connectivity index (χ1) is 13.3. The number of piperazine rings is 1. The fraction of sp³-hybridized carbons (Fsp3) is 0.444. The zero-order chi connectivity index (χ0) is 20.3. The Kier molecular flexibility index (Phi) is 5.78. The summed E-state index contributed by atoms with van der Waals surface area (Å²) in [6.07, 6.45) is -4.46. The number of carbonyl (C=O) groups excluding carboxylic acids is 1. The molecule has 1 aliphatic rings. The number of hydrogen-bond donors (Lipinski definition) is 1. The standard InChI is InChI=1S/C18H21F3N4O3/c1-24-5-7-25(8-6-24)14-4-3-13(18(19,20)21)9-12(14)11-22-17(26)15-10-16(27-2)23-28-15/h3-4,9-10H,5-8,11H2,1-2H3,(H,22,26). The Morgan fingerprint density at radius 3 is 2.57 bits per heavy atom. The van der Waals surface area contributed by atoms with Crippen molar-refractivity contribution in [2.45, 2.75) is 12.7 Å². The number of amides is 1. The number of alkyl halides is 3. The molecule has 0 spiro atoms. The highest BCUT2D eigenvalue weighted by Crippen LogP contribution is 2.33. The second-order valence-electron chi connectivity index (χ2n) is 6.55. The van der Waals surface area contributed by atoms with Crippen LogP contribution in [0.15, 0.2) is 28.8 Å². The number of nitrogens with zero attached hydrogens (tertiary/aromatic N) is 3. The molecule has 2 heterocycles.